The number of H-pyrrole nitrogens is 1. The number of methoxy groups -OCH3 is 1. The van der Waals surface area contributed by atoms with Gasteiger partial charge in [-0.15, -0.1) is 4.68 Å². The summed E-state index contributed by atoms with van der Waals surface area (Å²) in [4.78, 5) is 15.3. The molecule has 5 nitrogen and oxygen atoms in total. The Labute approximate surface area is 86.3 Å². The van der Waals surface area contributed by atoms with Crippen LogP contribution in [0, 0.1) is 0 Å². The highest BCUT2D eigenvalue weighted by Gasteiger charge is 2.11. The zero-order valence-corrected chi connectivity index (χ0v) is 8.18. The third-order valence-corrected chi connectivity index (χ3v) is 1.96. The predicted molar refractivity (Wildman–Crippen MR) is 51.5 cm³/mol. The van der Waals surface area contributed by atoms with E-state index in [0.717, 1.165) is 0 Å². The van der Waals surface area contributed by atoms with Crippen molar-refractivity contribution in [3.05, 3.63) is 42.4 Å². The maximum atomic E-state index is 11.1. The molecule has 76 valence electrons. The fraction of sp³-hybridized carbons (Fsp3) is 0.100. The Balaban J connectivity index is 2.29. The Kier molecular flexibility index (Phi) is 2.45. The number of carbonyl (C=O) groups is 1. The molecule has 0 unspecified atom stereocenters. The van der Waals surface area contributed by atoms with E-state index in [-0.39, 0.29) is 5.97 Å². The number of esters is 1. The lowest BCUT2D eigenvalue weighted by Crippen LogP contribution is -2.32. The highest BCUT2D eigenvalue weighted by molar-refractivity contribution is 5.88. The smallest absolute Gasteiger partial charge is 0.346 e. The van der Waals surface area contributed by atoms with Crippen LogP contribution in [-0.2, 0) is 4.74 Å². The molecule has 0 aliphatic rings. The van der Waals surface area contributed by atoms with Crippen LogP contribution in [0.1, 0.15) is 10.4 Å². The third-order valence-electron chi connectivity index (χ3n) is 1.96. The maximum Gasteiger partial charge on any atom is 0.346 e. The van der Waals surface area contributed by atoms with Gasteiger partial charge in [0.1, 0.15) is 11.8 Å². The molecule has 0 aliphatic carbocycles. The largest absolute Gasteiger partial charge is 0.465 e. The minimum Gasteiger partial charge on any atom is -0.465 e. The van der Waals surface area contributed by atoms with Crippen LogP contribution in [0.5, 0.6) is 0 Å². The first-order chi connectivity index (χ1) is 7.31. The second kappa shape index (κ2) is 3.91. The van der Waals surface area contributed by atoms with Crippen LogP contribution in [0.25, 0.3) is 5.82 Å². The first-order valence-corrected chi connectivity index (χ1v) is 4.41. The van der Waals surface area contributed by atoms with Gasteiger partial charge in [-0.1, -0.05) is 0 Å². The quantitative estimate of drug-likeness (QED) is 0.571. The number of nitrogens with zero attached hydrogens (tertiary/aromatic N) is 2. The first kappa shape index (κ1) is 9.39. The molecule has 5 heteroatoms. The molecule has 2 heterocycles. The van der Waals surface area contributed by atoms with Crippen molar-refractivity contribution in [1.29, 1.82) is 0 Å². The van der Waals surface area contributed by atoms with Crippen molar-refractivity contribution in [1.82, 2.24) is 10.1 Å². The van der Waals surface area contributed by atoms with Gasteiger partial charge in [0.05, 0.1) is 7.11 Å². The SMILES string of the molecule is COC(=O)c1ccc(-[n+]2ccc[nH]2)nc1. The van der Waals surface area contributed by atoms with Crippen molar-refractivity contribution in [2.45, 2.75) is 0 Å². The monoisotopic (exact) mass is 204 g/mol. The Morgan fingerprint density at radius 3 is 2.93 bits per heavy atom. The first-order valence-electron chi connectivity index (χ1n) is 4.41. The third kappa shape index (κ3) is 1.85. The number of hydrogen-bond acceptors (Lipinski definition) is 3. The number of hydrogen-bond donors (Lipinski definition) is 1. The summed E-state index contributed by atoms with van der Waals surface area (Å²) in [6, 6.07) is 5.26. The molecule has 0 spiro atoms. The molecule has 0 aromatic carbocycles. The van der Waals surface area contributed by atoms with Gasteiger partial charge in [-0.25, -0.2) is 9.89 Å². The Morgan fingerprint density at radius 1 is 1.53 bits per heavy atom. The number of carbonyl (C=O) groups excluding carboxylic acids is 1. The predicted octanol–water partition coefficient (Wildman–Crippen LogP) is 0.473. The molecule has 2 aromatic heterocycles. The van der Waals surface area contributed by atoms with E-state index in [1.165, 1.54) is 13.3 Å². The average Bonchev–Trinajstić information content (AvgIpc) is 2.82. The normalized spacial score (nSPS) is 9.93. The second-order valence-electron chi connectivity index (χ2n) is 2.90. The van der Waals surface area contributed by atoms with E-state index in [2.05, 4.69) is 14.8 Å². The number of aromatic amines is 1. The van der Waals surface area contributed by atoms with Crippen molar-refractivity contribution in [3.8, 4) is 5.82 Å². The molecule has 0 bridgehead atoms. The molecule has 1 N–H and O–H groups in total. The van der Waals surface area contributed by atoms with Gasteiger partial charge in [0.15, 0.2) is 6.20 Å². The van der Waals surface area contributed by atoms with Gasteiger partial charge in [-0.3, -0.25) is 0 Å². The van der Waals surface area contributed by atoms with Crippen molar-refractivity contribution in [3.63, 3.8) is 0 Å². The fourth-order valence-corrected chi connectivity index (χ4v) is 1.21. The van der Waals surface area contributed by atoms with E-state index in [1.807, 2.05) is 12.3 Å². The van der Waals surface area contributed by atoms with E-state index < -0.39 is 0 Å². The zero-order valence-electron chi connectivity index (χ0n) is 8.18. The lowest BCUT2D eigenvalue weighted by molar-refractivity contribution is -0.658. The second-order valence-corrected chi connectivity index (χ2v) is 2.90. The number of nitrogens with one attached hydrogen (secondary N) is 1. The summed E-state index contributed by atoms with van der Waals surface area (Å²) in [6.45, 7) is 0. The molecule has 0 fully saturated rings. The van der Waals surface area contributed by atoms with E-state index in [9.17, 15) is 4.79 Å². The van der Waals surface area contributed by atoms with Crippen LogP contribution in [0.15, 0.2) is 36.8 Å². The molecule has 0 amide bonds. The molecule has 15 heavy (non-hydrogen) atoms. The average molecular weight is 204 g/mol. The van der Waals surface area contributed by atoms with Crippen molar-refractivity contribution < 1.29 is 14.2 Å². The molecule has 2 rings (SSSR count). The number of aromatic nitrogens is 3. The van der Waals surface area contributed by atoms with Crippen LogP contribution in [0.4, 0.5) is 0 Å². The van der Waals surface area contributed by atoms with Gasteiger partial charge >= 0.3 is 11.8 Å². The molecule has 0 saturated carbocycles. The Bertz CT molecular complexity index is 448. The summed E-state index contributed by atoms with van der Waals surface area (Å²) in [5, 5.41) is 2.95. The van der Waals surface area contributed by atoms with Crippen LogP contribution < -0.4 is 4.68 Å². The van der Waals surface area contributed by atoms with Crippen LogP contribution in [0.3, 0.4) is 0 Å². The summed E-state index contributed by atoms with van der Waals surface area (Å²) in [5.74, 6) is 0.332. The zero-order chi connectivity index (χ0) is 10.7. The van der Waals surface area contributed by atoms with Gasteiger partial charge in [-0.05, 0) is 17.1 Å². The highest BCUT2D eigenvalue weighted by atomic mass is 16.5. The fourth-order valence-electron chi connectivity index (χ4n) is 1.21. The summed E-state index contributed by atoms with van der Waals surface area (Å²) >= 11 is 0. The summed E-state index contributed by atoms with van der Waals surface area (Å²) in [7, 11) is 1.34. The standard InChI is InChI=1S/C10H9N3O2/c1-15-10(14)8-3-4-9(11-7-8)13-6-2-5-12-13/h2-7H,1H3/p+1. The number of pyridine rings is 1. The Hall–Kier alpha value is -2.17. The number of rotatable bonds is 2. The van der Waals surface area contributed by atoms with Crippen LogP contribution in [0.2, 0.25) is 0 Å². The van der Waals surface area contributed by atoms with Gasteiger partial charge < -0.3 is 4.74 Å². The lowest BCUT2D eigenvalue weighted by atomic mass is 10.3. The van der Waals surface area contributed by atoms with Crippen LogP contribution in [-0.4, -0.2) is 23.2 Å². The highest BCUT2D eigenvalue weighted by Crippen LogP contribution is 2.01. The van der Waals surface area contributed by atoms with Gasteiger partial charge in [0.25, 0.3) is 0 Å². The molecule has 0 radical (unpaired) electrons. The van der Waals surface area contributed by atoms with E-state index in [4.69, 9.17) is 0 Å². The van der Waals surface area contributed by atoms with Gasteiger partial charge in [-0.2, -0.15) is 0 Å². The molecular weight excluding hydrogens is 194 g/mol. The Morgan fingerprint density at radius 2 is 2.40 bits per heavy atom. The van der Waals surface area contributed by atoms with Crippen molar-refractivity contribution >= 4 is 5.97 Å². The molecular formula is C10H10N3O2+. The minimum atomic E-state index is -0.384. The molecule has 0 aliphatic heterocycles. The maximum absolute atomic E-state index is 11.1. The number of ether oxygens (including phenoxy) is 1. The van der Waals surface area contributed by atoms with E-state index in [0.29, 0.717) is 11.4 Å². The van der Waals surface area contributed by atoms with Crippen LogP contribution >= 0.6 is 0 Å². The van der Waals surface area contributed by atoms with Gasteiger partial charge in [0, 0.05) is 12.3 Å². The van der Waals surface area contributed by atoms with Gasteiger partial charge in [0.2, 0.25) is 0 Å². The molecule has 0 saturated heterocycles. The van der Waals surface area contributed by atoms with Crippen molar-refractivity contribution in [2.24, 2.45) is 0 Å². The molecule has 2 aromatic rings. The summed E-state index contributed by atoms with van der Waals surface area (Å²) in [5.41, 5.74) is 0.438. The lowest BCUT2D eigenvalue weighted by Gasteiger charge is -1.95. The minimum absolute atomic E-state index is 0.384. The molecule has 0 atom stereocenters. The van der Waals surface area contributed by atoms with Crippen molar-refractivity contribution in [2.75, 3.05) is 7.11 Å². The summed E-state index contributed by atoms with van der Waals surface area (Å²) in [6.07, 6.45) is 5.10. The summed E-state index contributed by atoms with van der Waals surface area (Å²) < 4.78 is 6.31. The topological polar surface area (TPSA) is 58.9 Å². The van der Waals surface area contributed by atoms with E-state index >= 15 is 0 Å². The van der Waals surface area contributed by atoms with E-state index in [1.54, 1.807) is 23.0 Å².